The lowest BCUT2D eigenvalue weighted by Gasteiger charge is -2.41. The van der Waals surface area contributed by atoms with Crippen molar-refractivity contribution in [2.75, 3.05) is 0 Å². The number of Topliss-reactive ketones (excluding diaryl/α,β-unsaturated/α-hetero) is 1. The Morgan fingerprint density at radius 1 is 0.978 bits per heavy atom. The van der Waals surface area contributed by atoms with Crippen LogP contribution in [0.15, 0.2) is 66.7 Å². The molecule has 1 saturated carbocycles. The smallest absolute Gasteiger partial charge is 0.192 e. The van der Waals surface area contributed by atoms with Crippen molar-refractivity contribution in [1.82, 2.24) is 0 Å². The van der Waals surface area contributed by atoms with Gasteiger partial charge in [0.15, 0.2) is 23.1 Å². The second-order valence-corrected chi connectivity index (χ2v) is 23.2. The molecule has 0 bridgehead atoms. The lowest BCUT2D eigenvalue weighted by Crippen LogP contribution is -2.49. The molecule has 1 fully saturated rings. The van der Waals surface area contributed by atoms with Gasteiger partial charge in [-0.15, -0.1) is 0 Å². The fourth-order valence-electron chi connectivity index (χ4n) is 6.35. The molecule has 0 aromatic heterocycles. The predicted molar refractivity (Wildman–Crippen MR) is 195 cm³/mol. The van der Waals surface area contributed by atoms with Crippen LogP contribution < -0.4 is 4.74 Å². The number of hydrogen-bond acceptors (Lipinski definition) is 4. The Hall–Kier alpha value is -2.00. The van der Waals surface area contributed by atoms with Crippen molar-refractivity contribution in [1.29, 1.82) is 0 Å². The Kier molecular flexibility index (Phi) is 13.1. The first-order valence-electron chi connectivity index (χ1n) is 17.3. The van der Waals surface area contributed by atoms with Crippen LogP contribution >= 0.6 is 0 Å². The van der Waals surface area contributed by atoms with Crippen molar-refractivity contribution in [3.8, 4) is 5.75 Å². The summed E-state index contributed by atoms with van der Waals surface area (Å²) < 4.78 is 20.2. The molecule has 4 nitrogen and oxygen atoms in total. The summed E-state index contributed by atoms with van der Waals surface area (Å²) in [7, 11) is -3.59. The Bertz CT molecular complexity index is 1240. The number of ketones is 1. The van der Waals surface area contributed by atoms with Gasteiger partial charge in [0, 0.05) is 18.8 Å². The minimum Gasteiger partial charge on any atom is -0.489 e. The van der Waals surface area contributed by atoms with Crippen LogP contribution in [0.2, 0.25) is 31.2 Å². The predicted octanol–water partition coefficient (Wildman–Crippen LogP) is 10.3. The molecule has 1 aliphatic carbocycles. The number of ether oxygens (including phenoxy) is 1. The Morgan fingerprint density at radius 2 is 1.64 bits per heavy atom. The summed E-state index contributed by atoms with van der Waals surface area (Å²) in [5, 5.41) is 0.130. The van der Waals surface area contributed by atoms with Crippen LogP contribution in [0, 0.1) is 17.3 Å². The second-order valence-electron chi connectivity index (χ2n) is 16.1. The van der Waals surface area contributed by atoms with Gasteiger partial charge in [-0.25, -0.2) is 0 Å². The zero-order valence-electron chi connectivity index (χ0n) is 30.2. The number of hydrogen-bond donors (Lipinski definition) is 0. The van der Waals surface area contributed by atoms with E-state index in [9.17, 15) is 4.79 Å². The lowest BCUT2D eigenvalue weighted by atomic mass is 9.71. The highest BCUT2D eigenvalue weighted by molar-refractivity contribution is 6.74. The van der Waals surface area contributed by atoms with Crippen LogP contribution in [0.1, 0.15) is 91.7 Å². The molecule has 3 rings (SSSR count). The molecule has 2 aromatic carbocycles. The molecule has 0 N–H and O–H groups in total. The molecule has 6 heteroatoms. The first-order valence-corrected chi connectivity index (χ1v) is 23.0. The summed E-state index contributed by atoms with van der Waals surface area (Å²) in [5.41, 5.74) is 1.27. The molecule has 0 saturated heterocycles. The van der Waals surface area contributed by atoms with E-state index >= 15 is 0 Å². The highest BCUT2D eigenvalue weighted by atomic mass is 28.4. The molecule has 4 atom stereocenters. The third kappa shape index (κ3) is 10.2. The van der Waals surface area contributed by atoms with E-state index in [1.54, 1.807) is 0 Å². The average Bonchev–Trinajstić information content (AvgIpc) is 3.21. The van der Waals surface area contributed by atoms with Crippen molar-refractivity contribution in [2.24, 2.45) is 17.3 Å². The van der Waals surface area contributed by atoms with Gasteiger partial charge < -0.3 is 13.6 Å². The third-order valence-corrected chi connectivity index (χ3v) is 15.3. The number of carbonyl (C=O) groups is 1. The molecule has 0 spiro atoms. The summed E-state index contributed by atoms with van der Waals surface area (Å²) >= 11 is 0. The second kappa shape index (κ2) is 15.7. The van der Waals surface area contributed by atoms with Gasteiger partial charge in [-0.2, -0.15) is 0 Å². The van der Waals surface area contributed by atoms with E-state index in [0.29, 0.717) is 19.4 Å². The van der Waals surface area contributed by atoms with Crippen molar-refractivity contribution >= 4 is 23.1 Å². The van der Waals surface area contributed by atoms with E-state index in [1.165, 1.54) is 12.8 Å². The quantitative estimate of drug-likeness (QED) is 0.109. The maximum Gasteiger partial charge on any atom is 0.192 e. The molecule has 0 heterocycles. The Balaban J connectivity index is 2.01. The monoisotopic (exact) mass is 650 g/mol. The van der Waals surface area contributed by atoms with E-state index in [-0.39, 0.29) is 34.2 Å². The lowest BCUT2D eigenvalue weighted by molar-refractivity contribution is -0.132. The van der Waals surface area contributed by atoms with Crippen LogP contribution in [-0.2, 0) is 26.7 Å². The molecular weight excluding hydrogens is 589 g/mol. The van der Waals surface area contributed by atoms with Gasteiger partial charge in [0.25, 0.3) is 0 Å². The Morgan fingerprint density at radius 3 is 2.24 bits per heavy atom. The Labute approximate surface area is 278 Å². The first-order chi connectivity index (χ1) is 21.0. The molecule has 0 aliphatic heterocycles. The zero-order valence-corrected chi connectivity index (χ0v) is 32.4. The number of rotatable bonds is 15. The van der Waals surface area contributed by atoms with Crippen LogP contribution in [-0.4, -0.2) is 34.8 Å². The zero-order chi connectivity index (χ0) is 33.5. The van der Waals surface area contributed by atoms with Gasteiger partial charge in [-0.3, -0.25) is 4.79 Å². The third-order valence-electron chi connectivity index (χ3n) is 9.90. The van der Waals surface area contributed by atoms with E-state index in [0.717, 1.165) is 29.7 Å². The van der Waals surface area contributed by atoms with Crippen molar-refractivity contribution in [2.45, 2.75) is 137 Å². The first kappa shape index (κ1) is 37.5. The minimum atomic E-state index is -1.99. The van der Waals surface area contributed by atoms with Gasteiger partial charge >= 0.3 is 0 Å². The average molecular weight is 651 g/mol. The fraction of sp³-hybridized carbons (Fsp3) is 0.615. The van der Waals surface area contributed by atoms with Crippen LogP contribution in [0.5, 0.6) is 5.75 Å². The van der Waals surface area contributed by atoms with Gasteiger partial charge in [0.05, 0.1) is 6.10 Å². The number of carbonyl (C=O) groups excluding carboxylic acids is 1. The maximum absolute atomic E-state index is 14.3. The highest BCUT2D eigenvalue weighted by Crippen LogP contribution is 2.51. The SMILES string of the molecule is CCCCCC(C=C[C@@H]1[C@H](C(C)(C)C)CC(=O)[C@]1(Cc1cccc(OCc2ccccc2)c1)O[SiH](C)C)O[Si](C)(C)C(C)(C)C. The van der Waals surface area contributed by atoms with E-state index in [4.69, 9.17) is 13.6 Å². The van der Waals surface area contributed by atoms with Crippen LogP contribution in [0.25, 0.3) is 0 Å². The van der Waals surface area contributed by atoms with E-state index in [1.807, 2.05) is 30.3 Å². The van der Waals surface area contributed by atoms with E-state index < -0.39 is 23.0 Å². The van der Waals surface area contributed by atoms with E-state index in [2.05, 4.69) is 111 Å². The minimum absolute atomic E-state index is 0.0366. The normalized spacial score (nSPS) is 22.0. The molecule has 1 aliphatic rings. The molecule has 2 aromatic rings. The van der Waals surface area contributed by atoms with Gasteiger partial charge in [-0.05, 0) is 72.2 Å². The van der Waals surface area contributed by atoms with Gasteiger partial charge in [0.2, 0.25) is 0 Å². The van der Waals surface area contributed by atoms with Crippen LogP contribution in [0.4, 0.5) is 0 Å². The molecule has 0 radical (unpaired) electrons. The molecule has 0 amide bonds. The molecule has 250 valence electrons. The number of unbranched alkanes of at least 4 members (excludes halogenated alkanes) is 2. The van der Waals surface area contributed by atoms with Crippen molar-refractivity contribution < 1.29 is 18.4 Å². The summed E-state index contributed by atoms with van der Waals surface area (Å²) in [6.07, 6.45) is 10.3. The summed E-state index contributed by atoms with van der Waals surface area (Å²) in [6, 6.07) is 18.5. The largest absolute Gasteiger partial charge is 0.489 e. The topological polar surface area (TPSA) is 44.8 Å². The summed E-state index contributed by atoms with van der Waals surface area (Å²) in [6.45, 7) is 25.6. The van der Waals surface area contributed by atoms with Crippen LogP contribution in [0.3, 0.4) is 0 Å². The van der Waals surface area contributed by atoms with Crippen molar-refractivity contribution in [3.63, 3.8) is 0 Å². The molecule has 1 unspecified atom stereocenters. The van der Waals surface area contributed by atoms with Crippen molar-refractivity contribution in [3.05, 3.63) is 77.9 Å². The number of benzene rings is 2. The summed E-state index contributed by atoms with van der Waals surface area (Å²) in [4.78, 5) is 14.3. The van der Waals surface area contributed by atoms with Gasteiger partial charge in [0.1, 0.15) is 18.0 Å². The highest BCUT2D eigenvalue weighted by Gasteiger charge is 2.57. The maximum atomic E-state index is 14.3. The summed E-state index contributed by atoms with van der Waals surface area (Å²) in [5.74, 6) is 1.19. The standard InChI is InChI=1S/C39H62O4Si2/c1-12-13-15-22-32(42-45(10,11)38(5,6)7)24-25-34-35(37(2,3)4)27-36(40)39(34,43-44(8)9)28-31-21-18-23-33(26-31)41-29-30-19-16-14-17-20-30/h14,16-21,23-26,32,34-35,44H,12-13,15,22,27-29H2,1-11H3/t32?,34-,35-,39-/m1/s1. The fourth-order valence-corrected chi connectivity index (χ4v) is 8.87. The molecule has 45 heavy (non-hydrogen) atoms. The van der Waals surface area contributed by atoms with Gasteiger partial charge in [-0.1, -0.05) is 122 Å². The molecular formula is C39H62O4Si2.